The Bertz CT molecular complexity index is 1260. The van der Waals surface area contributed by atoms with Gasteiger partial charge < -0.3 is 9.84 Å². The molecule has 10 heteroatoms. The van der Waals surface area contributed by atoms with Gasteiger partial charge in [-0.15, -0.1) is 0 Å². The van der Waals surface area contributed by atoms with Crippen LogP contribution in [0.3, 0.4) is 0 Å². The molecule has 174 valence electrons. The van der Waals surface area contributed by atoms with Gasteiger partial charge in [-0.3, -0.25) is 4.79 Å². The van der Waals surface area contributed by atoms with Crippen molar-refractivity contribution < 1.29 is 17.7 Å². The Labute approximate surface area is 198 Å². The molecule has 1 aromatic heterocycles. The molecule has 0 aliphatic carbocycles. The predicted molar refractivity (Wildman–Crippen MR) is 124 cm³/mol. The topological polar surface area (TPSA) is 105 Å². The first-order valence-corrected chi connectivity index (χ1v) is 12.5. The van der Waals surface area contributed by atoms with Crippen molar-refractivity contribution in [3.05, 3.63) is 64.5 Å². The van der Waals surface area contributed by atoms with Crippen LogP contribution in [0.25, 0.3) is 11.4 Å². The van der Waals surface area contributed by atoms with Gasteiger partial charge in [0.25, 0.3) is 0 Å². The van der Waals surface area contributed by atoms with Crippen LogP contribution < -0.4 is 5.32 Å². The fourth-order valence-corrected chi connectivity index (χ4v) is 5.83. The van der Waals surface area contributed by atoms with E-state index in [2.05, 4.69) is 15.5 Å². The molecule has 1 atom stereocenters. The zero-order chi connectivity index (χ0) is 23.6. The number of hydrogen-bond acceptors (Lipinski definition) is 6. The van der Waals surface area contributed by atoms with Crippen molar-refractivity contribution in [2.45, 2.75) is 38.1 Å². The van der Waals surface area contributed by atoms with Gasteiger partial charge in [-0.05, 0) is 43.5 Å². The molecular weight excluding hydrogens is 464 g/mol. The monoisotopic (exact) mass is 488 g/mol. The van der Waals surface area contributed by atoms with Gasteiger partial charge >= 0.3 is 0 Å². The number of piperidine rings is 1. The number of sulfonamides is 1. The molecule has 1 N–H and O–H groups in total. The molecule has 1 aliphatic heterocycles. The van der Waals surface area contributed by atoms with Crippen LogP contribution in [0.2, 0.25) is 5.02 Å². The Hall–Kier alpha value is -2.75. The molecule has 0 unspecified atom stereocenters. The van der Waals surface area contributed by atoms with E-state index < -0.39 is 15.9 Å². The van der Waals surface area contributed by atoms with E-state index in [1.165, 1.54) is 16.4 Å². The maximum absolute atomic E-state index is 13.4. The van der Waals surface area contributed by atoms with Crippen LogP contribution in [0.5, 0.6) is 0 Å². The van der Waals surface area contributed by atoms with E-state index in [-0.39, 0.29) is 28.2 Å². The second-order valence-electron chi connectivity index (χ2n) is 8.19. The van der Waals surface area contributed by atoms with Crippen LogP contribution in [0.15, 0.2) is 51.9 Å². The summed E-state index contributed by atoms with van der Waals surface area (Å²) in [7, 11) is -3.92. The number of nitrogens with one attached hydrogen (secondary N) is 1. The summed E-state index contributed by atoms with van der Waals surface area (Å²) in [5.41, 5.74) is 2.63. The first-order chi connectivity index (χ1) is 15.7. The van der Waals surface area contributed by atoms with E-state index in [9.17, 15) is 13.2 Å². The third kappa shape index (κ3) is 5.26. The third-order valence-electron chi connectivity index (χ3n) is 5.68. The Morgan fingerprint density at radius 3 is 2.67 bits per heavy atom. The van der Waals surface area contributed by atoms with Crippen molar-refractivity contribution in [1.29, 1.82) is 0 Å². The number of aryl methyl sites for hydroxylation is 2. The standard InChI is InChI=1S/C23H25ClN4O4S/c1-15-5-7-17(8-6-15)13-25-23(29)19-4-3-11-28(14-19)33(30,31)21-12-18(9-10-20(21)24)22-26-16(2)32-27-22/h5-10,12,19H,3-4,11,13-14H2,1-2H3,(H,25,29)/t19-/m0/s1. The molecule has 0 saturated carbocycles. The summed E-state index contributed by atoms with van der Waals surface area (Å²) in [5, 5.41) is 6.88. The summed E-state index contributed by atoms with van der Waals surface area (Å²) in [5.74, 6) is 0.0749. The number of benzene rings is 2. The van der Waals surface area contributed by atoms with Gasteiger partial charge in [0.2, 0.25) is 27.6 Å². The first kappa shape index (κ1) is 23.4. The summed E-state index contributed by atoms with van der Waals surface area (Å²) in [4.78, 5) is 16.9. The lowest BCUT2D eigenvalue weighted by Gasteiger charge is -2.31. The number of carbonyl (C=O) groups is 1. The Balaban J connectivity index is 1.49. The minimum Gasteiger partial charge on any atom is -0.352 e. The van der Waals surface area contributed by atoms with Crippen molar-refractivity contribution >= 4 is 27.5 Å². The molecule has 1 saturated heterocycles. The highest BCUT2D eigenvalue weighted by molar-refractivity contribution is 7.89. The lowest BCUT2D eigenvalue weighted by atomic mass is 9.98. The molecule has 33 heavy (non-hydrogen) atoms. The van der Waals surface area contributed by atoms with E-state index in [1.807, 2.05) is 31.2 Å². The highest BCUT2D eigenvalue weighted by Crippen LogP contribution is 2.31. The van der Waals surface area contributed by atoms with Gasteiger partial charge in [-0.1, -0.05) is 46.6 Å². The molecule has 4 rings (SSSR count). The van der Waals surface area contributed by atoms with Gasteiger partial charge in [0.15, 0.2) is 0 Å². The first-order valence-electron chi connectivity index (χ1n) is 10.7. The van der Waals surface area contributed by atoms with Gasteiger partial charge in [0, 0.05) is 32.1 Å². The highest BCUT2D eigenvalue weighted by Gasteiger charge is 2.34. The molecule has 1 amide bonds. The number of aromatic nitrogens is 2. The molecule has 2 aromatic carbocycles. The predicted octanol–water partition coefficient (Wildman–Crippen LogP) is 3.72. The number of amides is 1. The van der Waals surface area contributed by atoms with E-state index in [0.717, 1.165) is 11.1 Å². The van der Waals surface area contributed by atoms with Crippen molar-refractivity contribution in [3.63, 3.8) is 0 Å². The van der Waals surface area contributed by atoms with Gasteiger partial charge in [0.1, 0.15) is 4.90 Å². The Kier molecular flexibility index (Phi) is 6.83. The number of rotatable bonds is 6. The van der Waals surface area contributed by atoms with Crippen LogP contribution in [0.4, 0.5) is 0 Å². The van der Waals surface area contributed by atoms with Crippen LogP contribution in [-0.2, 0) is 21.4 Å². The molecule has 1 fully saturated rings. The smallest absolute Gasteiger partial charge is 0.244 e. The summed E-state index contributed by atoms with van der Waals surface area (Å²) < 4.78 is 33.2. The van der Waals surface area contributed by atoms with E-state index in [4.69, 9.17) is 16.1 Å². The van der Waals surface area contributed by atoms with Crippen LogP contribution in [-0.4, -0.2) is 41.9 Å². The fourth-order valence-electron chi connectivity index (χ4n) is 3.81. The minimum atomic E-state index is -3.92. The van der Waals surface area contributed by atoms with Crippen LogP contribution >= 0.6 is 11.6 Å². The van der Waals surface area contributed by atoms with Crippen LogP contribution in [0.1, 0.15) is 29.9 Å². The van der Waals surface area contributed by atoms with Gasteiger partial charge in [-0.2, -0.15) is 9.29 Å². The molecule has 0 bridgehead atoms. The maximum atomic E-state index is 13.4. The molecule has 1 aliphatic rings. The van der Waals surface area contributed by atoms with Crippen molar-refractivity contribution in [3.8, 4) is 11.4 Å². The van der Waals surface area contributed by atoms with Crippen molar-refractivity contribution in [2.24, 2.45) is 5.92 Å². The number of hydrogen-bond donors (Lipinski definition) is 1. The molecule has 0 spiro atoms. The van der Waals surface area contributed by atoms with E-state index in [1.54, 1.807) is 13.0 Å². The normalized spacial score (nSPS) is 17.1. The third-order valence-corrected chi connectivity index (χ3v) is 8.02. The molecule has 8 nitrogen and oxygen atoms in total. The van der Waals surface area contributed by atoms with E-state index in [0.29, 0.717) is 37.4 Å². The SMILES string of the molecule is Cc1ccc(CNC(=O)[C@H]2CCCN(S(=O)(=O)c3cc(-c4noc(C)n4)ccc3Cl)C2)cc1. The zero-order valence-electron chi connectivity index (χ0n) is 18.4. The maximum Gasteiger partial charge on any atom is 0.244 e. The lowest BCUT2D eigenvalue weighted by Crippen LogP contribution is -2.45. The quantitative estimate of drug-likeness (QED) is 0.566. The molecule has 0 radical (unpaired) electrons. The Morgan fingerprint density at radius 2 is 1.97 bits per heavy atom. The largest absolute Gasteiger partial charge is 0.352 e. The summed E-state index contributed by atoms with van der Waals surface area (Å²) >= 11 is 6.27. The lowest BCUT2D eigenvalue weighted by molar-refractivity contribution is -0.126. The second-order valence-corrected chi connectivity index (χ2v) is 10.5. The van der Waals surface area contributed by atoms with Crippen molar-refractivity contribution in [1.82, 2.24) is 19.8 Å². The van der Waals surface area contributed by atoms with Crippen LogP contribution in [0, 0.1) is 19.8 Å². The molecule has 3 aromatic rings. The van der Waals surface area contributed by atoms with Gasteiger partial charge in [-0.25, -0.2) is 8.42 Å². The second kappa shape index (κ2) is 9.62. The average molecular weight is 489 g/mol. The van der Waals surface area contributed by atoms with Crippen molar-refractivity contribution in [2.75, 3.05) is 13.1 Å². The zero-order valence-corrected chi connectivity index (χ0v) is 20.0. The molecular formula is C23H25ClN4O4S. The van der Waals surface area contributed by atoms with E-state index >= 15 is 0 Å². The highest BCUT2D eigenvalue weighted by atomic mass is 35.5. The summed E-state index contributed by atoms with van der Waals surface area (Å²) in [6.07, 6.45) is 1.21. The number of nitrogens with zero attached hydrogens (tertiary/aromatic N) is 3. The van der Waals surface area contributed by atoms with Gasteiger partial charge in [0.05, 0.1) is 10.9 Å². The Morgan fingerprint density at radius 1 is 1.21 bits per heavy atom. The fraction of sp³-hybridized carbons (Fsp3) is 0.348. The molecule has 2 heterocycles. The average Bonchev–Trinajstić information content (AvgIpc) is 3.25. The number of halogens is 1. The minimum absolute atomic E-state index is 0.0372. The summed E-state index contributed by atoms with van der Waals surface area (Å²) in [6.45, 7) is 4.49. The number of carbonyl (C=O) groups excluding carboxylic acids is 1. The summed E-state index contributed by atoms with van der Waals surface area (Å²) in [6, 6.07) is 12.5.